The quantitative estimate of drug-likeness (QED) is 0.689. The maximum absolute atomic E-state index is 5.91. The smallest absolute Gasteiger partial charge is 0.219 e. The van der Waals surface area contributed by atoms with E-state index in [1.54, 1.807) is 30.3 Å². The third kappa shape index (κ3) is 3.42. The Bertz CT molecular complexity index is 554. The first-order valence-corrected chi connectivity index (χ1v) is 6.60. The molecular formula is C12H7Cl4NO. The third-order valence-corrected chi connectivity index (χ3v) is 3.11. The molecule has 0 unspecified atom stereocenters. The number of ether oxygens (including phenoxy) is 1. The Kier molecular flexibility index (Phi) is 4.57. The number of alkyl halides is 1. The van der Waals surface area contributed by atoms with Crippen LogP contribution in [0.2, 0.25) is 15.1 Å². The van der Waals surface area contributed by atoms with E-state index in [0.29, 0.717) is 32.4 Å². The van der Waals surface area contributed by atoms with Gasteiger partial charge in [0.2, 0.25) is 5.88 Å². The second-order valence-electron chi connectivity index (χ2n) is 3.42. The van der Waals surface area contributed by atoms with Crippen molar-refractivity contribution in [1.82, 2.24) is 4.98 Å². The van der Waals surface area contributed by atoms with E-state index in [1.807, 2.05) is 0 Å². The largest absolute Gasteiger partial charge is 0.439 e. The standard InChI is InChI=1S/C12H7Cl4NO/c13-6-11-10(16)1-2-12(17-11)18-9-4-7(14)3-8(15)5-9/h1-5H,6H2. The Balaban J connectivity index is 2.28. The van der Waals surface area contributed by atoms with Crippen LogP contribution in [-0.2, 0) is 5.88 Å². The van der Waals surface area contributed by atoms with Crippen LogP contribution in [0.25, 0.3) is 0 Å². The predicted octanol–water partition coefficient (Wildman–Crippen LogP) is 5.57. The molecule has 0 N–H and O–H groups in total. The summed E-state index contributed by atoms with van der Waals surface area (Å²) in [5.41, 5.74) is 0.559. The molecule has 0 amide bonds. The summed E-state index contributed by atoms with van der Waals surface area (Å²) < 4.78 is 5.54. The van der Waals surface area contributed by atoms with Crippen molar-refractivity contribution >= 4 is 46.4 Å². The van der Waals surface area contributed by atoms with E-state index in [4.69, 9.17) is 51.1 Å². The molecule has 0 atom stereocenters. The number of rotatable bonds is 3. The highest BCUT2D eigenvalue weighted by molar-refractivity contribution is 6.34. The normalized spacial score (nSPS) is 10.4. The predicted molar refractivity (Wildman–Crippen MR) is 75.3 cm³/mol. The van der Waals surface area contributed by atoms with Gasteiger partial charge in [0.15, 0.2) is 0 Å². The molecule has 18 heavy (non-hydrogen) atoms. The van der Waals surface area contributed by atoms with Crippen LogP contribution in [0.15, 0.2) is 30.3 Å². The monoisotopic (exact) mass is 321 g/mol. The average molecular weight is 323 g/mol. The number of halogens is 4. The maximum Gasteiger partial charge on any atom is 0.219 e. The third-order valence-electron chi connectivity index (χ3n) is 2.08. The van der Waals surface area contributed by atoms with Gasteiger partial charge in [-0.05, 0) is 24.3 Å². The second kappa shape index (κ2) is 5.98. The molecule has 0 aliphatic carbocycles. The van der Waals surface area contributed by atoms with E-state index < -0.39 is 0 Å². The van der Waals surface area contributed by atoms with Crippen LogP contribution in [0.1, 0.15) is 5.69 Å². The molecule has 2 nitrogen and oxygen atoms in total. The molecule has 1 heterocycles. The Morgan fingerprint density at radius 2 is 1.67 bits per heavy atom. The fraction of sp³-hybridized carbons (Fsp3) is 0.0833. The van der Waals surface area contributed by atoms with Gasteiger partial charge in [-0.25, -0.2) is 4.98 Å². The highest BCUT2D eigenvalue weighted by Gasteiger charge is 2.06. The Hall–Kier alpha value is -0.670. The summed E-state index contributed by atoms with van der Waals surface area (Å²) in [7, 11) is 0. The first-order chi connectivity index (χ1) is 8.58. The second-order valence-corrected chi connectivity index (χ2v) is 4.97. The lowest BCUT2D eigenvalue weighted by molar-refractivity contribution is 0.461. The molecule has 2 rings (SSSR count). The summed E-state index contributed by atoms with van der Waals surface area (Å²) in [4.78, 5) is 4.17. The van der Waals surface area contributed by atoms with Crippen LogP contribution in [0, 0.1) is 0 Å². The summed E-state index contributed by atoms with van der Waals surface area (Å²) in [5, 5.41) is 1.48. The van der Waals surface area contributed by atoms with E-state index in [1.165, 1.54) is 0 Å². The summed E-state index contributed by atoms with van der Waals surface area (Å²) in [6.45, 7) is 0. The number of hydrogen-bond acceptors (Lipinski definition) is 2. The number of pyridine rings is 1. The van der Waals surface area contributed by atoms with Crippen molar-refractivity contribution < 1.29 is 4.74 Å². The van der Waals surface area contributed by atoms with E-state index in [9.17, 15) is 0 Å². The van der Waals surface area contributed by atoms with Gasteiger partial charge >= 0.3 is 0 Å². The maximum atomic E-state index is 5.91. The van der Waals surface area contributed by atoms with Crippen LogP contribution < -0.4 is 4.74 Å². The molecule has 0 radical (unpaired) electrons. The van der Waals surface area contributed by atoms with Crippen LogP contribution >= 0.6 is 46.4 Å². The minimum Gasteiger partial charge on any atom is -0.439 e. The number of hydrogen-bond donors (Lipinski definition) is 0. The molecular weight excluding hydrogens is 316 g/mol. The molecule has 0 aliphatic rings. The van der Waals surface area contributed by atoms with Crippen molar-refractivity contribution in [3.05, 3.63) is 51.1 Å². The highest BCUT2D eigenvalue weighted by Crippen LogP contribution is 2.28. The number of aromatic nitrogens is 1. The van der Waals surface area contributed by atoms with Gasteiger partial charge in [0.05, 0.1) is 16.6 Å². The molecule has 94 valence electrons. The summed E-state index contributed by atoms with van der Waals surface area (Å²) >= 11 is 23.4. The Morgan fingerprint density at radius 3 is 2.28 bits per heavy atom. The van der Waals surface area contributed by atoms with Crippen LogP contribution in [0.4, 0.5) is 0 Å². The lowest BCUT2D eigenvalue weighted by atomic mass is 10.3. The van der Waals surface area contributed by atoms with Gasteiger partial charge in [-0.3, -0.25) is 0 Å². The molecule has 6 heteroatoms. The summed E-state index contributed by atoms with van der Waals surface area (Å²) in [6.07, 6.45) is 0. The van der Waals surface area contributed by atoms with Gasteiger partial charge in [-0.2, -0.15) is 0 Å². The molecule has 0 aliphatic heterocycles. The first-order valence-electron chi connectivity index (χ1n) is 4.94. The Morgan fingerprint density at radius 1 is 1.00 bits per heavy atom. The van der Waals surface area contributed by atoms with Crippen molar-refractivity contribution in [3.63, 3.8) is 0 Å². The zero-order valence-corrected chi connectivity index (χ0v) is 12.0. The topological polar surface area (TPSA) is 22.1 Å². The molecule has 1 aromatic heterocycles. The van der Waals surface area contributed by atoms with Crippen molar-refractivity contribution in [1.29, 1.82) is 0 Å². The molecule has 1 aromatic carbocycles. The molecule has 2 aromatic rings. The number of nitrogens with zero attached hydrogens (tertiary/aromatic N) is 1. The van der Waals surface area contributed by atoms with Gasteiger partial charge in [-0.1, -0.05) is 34.8 Å². The van der Waals surface area contributed by atoms with Gasteiger partial charge in [0.1, 0.15) is 5.75 Å². The van der Waals surface area contributed by atoms with Crippen molar-refractivity contribution in [2.45, 2.75) is 5.88 Å². The molecule has 0 saturated carbocycles. The van der Waals surface area contributed by atoms with Gasteiger partial charge < -0.3 is 4.74 Å². The van der Waals surface area contributed by atoms with E-state index >= 15 is 0 Å². The van der Waals surface area contributed by atoms with E-state index in [2.05, 4.69) is 4.98 Å². The molecule has 0 fully saturated rings. The van der Waals surface area contributed by atoms with Gasteiger partial charge in [0, 0.05) is 16.1 Å². The highest BCUT2D eigenvalue weighted by atomic mass is 35.5. The molecule has 0 spiro atoms. The van der Waals surface area contributed by atoms with Gasteiger partial charge in [0.25, 0.3) is 0 Å². The summed E-state index contributed by atoms with van der Waals surface area (Å²) in [5.74, 6) is 1.10. The van der Waals surface area contributed by atoms with Crippen molar-refractivity contribution in [2.24, 2.45) is 0 Å². The zero-order valence-electron chi connectivity index (χ0n) is 8.96. The number of benzene rings is 1. The summed E-state index contributed by atoms with van der Waals surface area (Å²) in [6, 6.07) is 8.23. The Labute approximate surface area is 124 Å². The lowest BCUT2D eigenvalue weighted by Crippen LogP contribution is -1.92. The zero-order chi connectivity index (χ0) is 13.1. The molecule has 0 saturated heterocycles. The van der Waals surface area contributed by atoms with Crippen LogP contribution in [-0.4, -0.2) is 4.98 Å². The minimum absolute atomic E-state index is 0.215. The fourth-order valence-corrected chi connectivity index (χ4v) is 2.27. The van der Waals surface area contributed by atoms with E-state index in [0.717, 1.165) is 0 Å². The van der Waals surface area contributed by atoms with Gasteiger partial charge in [-0.15, -0.1) is 11.6 Å². The van der Waals surface area contributed by atoms with Crippen molar-refractivity contribution in [2.75, 3.05) is 0 Å². The molecule has 0 bridgehead atoms. The van der Waals surface area contributed by atoms with Crippen LogP contribution in [0.5, 0.6) is 11.6 Å². The van der Waals surface area contributed by atoms with Crippen molar-refractivity contribution in [3.8, 4) is 11.6 Å². The average Bonchev–Trinajstić information content (AvgIpc) is 2.30. The SMILES string of the molecule is ClCc1nc(Oc2cc(Cl)cc(Cl)c2)ccc1Cl. The van der Waals surface area contributed by atoms with Crippen LogP contribution in [0.3, 0.4) is 0 Å². The first kappa shape index (κ1) is 13.8. The van der Waals surface area contributed by atoms with E-state index in [-0.39, 0.29) is 5.88 Å². The fourth-order valence-electron chi connectivity index (χ4n) is 1.32. The minimum atomic E-state index is 0.215. The lowest BCUT2D eigenvalue weighted by Gasteiger charge is -2.07.